The van der Waals surface area contributed by atoms with E-state index in [9.17, 15) is 0 Å². The van der Waals surface area contributed by atoms with Crippen LogP contribution in [0, 0.1) is 0 Å². The Labute approximate surface area is 162 Å². The number of rotatable bonds is 9. The van der Waals surface area contributed by atoms with Crippen LogP contribution in [0.2, 0.25) is 0 Å². The van der Waals surface area contributed by atoms with Gasteiger partial charge in [-0.15, -0.1) is 0 Å². The lowest BCUT2D eigenvalue weighted by molar-refractivity contribution is 0.320. The van der Waals surface area contributed by atoms with E-state index in [0.29, 0.717) is 12.5 Å². The lowest BCUT2D eigenvalue weighted by Crippen LogP contribution is -2.05. The maximum Gasteiger partial charge on any atom is 0.125 e. The molecule has 140 valence electrons. The van der Waals surface area contributed by atoms with Gasteiger partial charge in [-0.1, -0.05) is 55.5 Å². The molecule has 0 amide bonds. The molecule has 0 spiro atoms. The van der Waals surface area contributed by atoms with E-state index in [1.807, 2.05) is 25.2 Å². The normalized spacial score (nSPS) is 11.8. The Hall–Kier alpha value is -2.81. The van der Waals surface area contributed by atoms with Crippen LogP contribution in [0.15, 0.2) is 72.8 Å². The first-order valence-electron chi connectivity index (χ1n) is 9.69. The van der Waals surface area contributed by atoms with Gasteiger partial charge >= 0.3 is 0 Å². The first-order chi connectivity index (χ1) is 13.3. The molecule has 0 fully saturated rings. The highest BCUT2D eigenvalue weighted by atomic mass is 16.5. The first-order valence-corrected chi connectivity index (χ1v) is 9.69. The number of hydrogen-bond acceptors (Lipinski definition) is 3. The Morgan fingerprint density at radius 3 is 2.41 bits per heavy atom. The van der Waals surface area contributed by atoms with Crippen LogP contribution in [-0.4, -0.2) is 18.6 Å². The van der Waals surface area contributed by atoms with Gasteiger partial charge in [0.05, 0.1) is 6.61 Å². The molecule has 0 radical (unpaired) electrons. The van der Waals surface area contributed by atoms with Gasteiger partial charge in [-0.25, -0.2) is 4.98 Å². The van der Waals surface area contributed by atoms with E-state index < -0.39 is 0 Å². The van der Waals surface area contributed by atoms with Crippen molar-refractivity contribution in [2.75, 3.05) is 19.0 Å². The van der Waals surface area contributed by atoms with Crippen LogP contribution < -0.4 is 10.1 Å². The van der Waals surface area contributed by atoms with Crippen molar-refractivity contribution in [3.8, 4) is 5.75 Å². The van der Waals surface area contributed by atoms with E-state index in [0.717, 1.165) is 36.5 Å². The first kappa shape index (κ1) is 19.0. The van der Waals surface area contributed by atoms with Crippen LogP contribution in [0.1, 0.15) is 36.1 Å². The van der Waals surface area contributed by atoms with E-state index in [-0.39, 0.29) is 0 Å². The van der Waals surface area contributed by atoms with Gasteiger partial charge in [-0.05, 0) is 54.2 Å². The Bertz CT molecular complexity index is 815. The minimum absolute atomic E-state index is 0.559. The second-order valence-corrected chi connectivity index (χ2v) is 6.73. The Morgan fingerprint density at radius 2 is 1.70 bits per heavy atom. The summed E-state index contributed by atoms with van der Waals surface area (Å²) < 4.78 is 5.89. The van der Waals surface area contributed by atoms with Gasteiger partial charge in [0.15, 0.2) is 0 Å². The minimum Gasteiger partial charge on any atom is -0.493 e. The van der Waals surface area contributed by atoms with Crippen LogP contribution in [0.4, 0.5) is 5.82 Å². The molecule has 3 heteroatoms. The molecule has 1 aromatic heterocycles. The maximum absolute atomic E-state index is 5.89. The van der Waals surface area contributed by atoms with E-state index in [1.54, 1.807) is 0 Å². The minimum atomic E-state index is 0.559. The second kappa shape index (κ2) is 9.77. The second-order valence-electron chi connectivity index (χ2n) is 6.73. The molecular formula is C24H28N2O. The number of anilines is 1. The SMILES string of the molecule is CC[C@@H](Cc1ccc(OCCc2cccc(NC)n2)cc1)c1ccccc1. The van der Waals surface area contributed by atoms with E-state index >= 15 is 0 Å². The van der Waals surface area contributed by atoms with Crippen molar-refractivity contribution < 1.29 is 4.74 Å². The predicted molar refractivity (Wildman–Crippen MR) is 113 cm³/mol. The molecule has 3 rings (SSSR count). The molecule has 0 aliphatic heterocycles. The van der Waals surface area contributed by atoms with Gasteiger partial charge in [0.25, 0.3) is 0 Å². The third-order valence-corrected chi connectivity index (χ3v) is 4.86. The summed E-state index contributed by atoms with van der Waals surface area (Å²) in [7, 11) is 1.88. The summed E-state index contributed by atoms with van der Waals surface area (Å²) >= 11 is 0. The summed E-state index contributed by atoms with van der Waals surface area (Å²) in [6.45, 7) is 2.88. The summed E-state index contributed by atoms with van der Waals surface area (Å²) in [5.74, 6) is 2.36. The van der Waals surface area contributed by atoms with Gasteiger partial charge in [0.2, 0.25) is 0 Å². The zero-order chi connectivity index (χ0) is 18.9. The molecular weight excluding hydrogens is 332 g/mol. The average Bonchev–Trinajstić information content (AvgIpc) is 2.74. The van der Waals surface area contributed by atoms with E-state index in [4.69, 9.17) is 4.74 Å². The maximum atomic E-state index is 5.89. The number of hydrogen-bond donors (Lipinski definition) is 1. The van der Waals surface area contributed by atoms with Gasteiger partial charge in [0, 0.05) is 19.2 Å². The fraction of sp³-hybridized carbons (Fsp3) is 0.292. The van der Waals surface area contributed by atoms with Crippen LogP contribution >= 0.6 is 0 Å². The molecule has 3 nitrogen and oxygen atoms in total. The molecule has 27 heavy (non-hydrogen) atoms. The molecule has 0 bridgehead atoms. The summed E-state index contributed by atoms with van der Waals surface area (Å²) in [6.07, 6.45) is 2.99. The van der Waals surface area contributed by atoms with Crippen molar-refractivity contribution in [2.45, 2.75) is 32.1 Å². The van der Waals surface area contributed by atoms with Crippen molar-refractivity contribution in [1.82, 2.24) is 4.98 Å². The topological polar surface area (TPSA) is 34.1 Å². The lowest BCUT2D eigenvalue weighted by atomic mass is 9.90. The third kappa shape index (κ3) is 5.58. The fourth-order valence-corrected chi connectivity index (χ4v) is 3.26. The number of ether oxygens (including phenoxy) is 1. The van der Waals surface area contributed by atoms with Gasteiger partial charge in [0.1, 0.15) is 11.6 Å². The standard InChI is InChI=1S/C24H28N2O/c1-3-20(21-8-5-4-6-9-21)18-19-12-14-23(15-13-19)27-17-16-22-10-7-11-24(25-2)26-22/h4-15,20H,3,16-18H2,1-2H3,(H,25,26)/t20-/m0/s1. The summed E-state index contributed by atoms with van der Waals surface area (Å²) in [5, 5.41) is 3.06. The average molecular weight is 361 g/mol. The highest BCUT2D eigenvalue weighted by Gasteiger charge is 2.10. The molecule has 2 aromatic carbocycles. The molecule has 1 heterocycles. The zero-order valence-corrected chi connectivity index (χ0v) is 16.2. The molecule has 1 N–H and O–H groups in total. The summed E-state index contributed by atoms with van der Waals surface area (Å²) in [6, 6.07) is 25.3. The summed E-state index contributed by atoms with van der Waals surface area (Å²) in [4.78, 5) is 4.52. The predicted octanol–water partition coefficient (Wildman–Crippen LogP) is 5.48. The molecule has 0 saturated heterocycles. The van der Waals surface area contributed by atoms with Gasteiger partial charge < -0.3 is 10.1 Å². The van der Waals surface area contributed by atoms with Crippen molar-refractivity contribution in [2.24, 2.45) is 0 Å². The Kier molecular flexibility index (Phi) is 6.86. The number of nitrogens with zero attached hydrogens (tertiary/aromatic N) is 1. The van der Waals surface area contributed by atoms with Crippen LogP contribution in [0.25, 0.3) is 0 Å². The van der Waals surface area contributed by atoms with Crippen molar-refractivity contribution in [1.29, 1.82) is 0 Å². The lowest BCUT2D eigenvalue weighted by Gasteiger charge is -2.16. The van der Waals surface area contributed by atoms with Gasteiger partial charge in [-0.3, -0.25) is 0 Å². The highest BCUT2D eigenvalue weighted by Crippen LogP contribution is 2.25. The molecule has 0 aliphatic carbocycles. The molecule has 3 aromatic rings. The molecule has 0 aliphatic rings. The van der Waals surface area contributed by atoms with Crippen molar-refractivity contribution >= 4 is 5.82 Å². The summed E-state index contributed by atoms with van der Waals surface area (Å²) in [5.41, 5.74) is 3.80. The van der Waals surface area contributed by atoms with Crippen LogP contribution in [-0.2, 0) is 12.8 Å². The quantitative estimate of drug-likeness (QED) is 0.548. The zero-order valence-electron chi connectivity index (χ0n) is 16.2. The van der Waals surface area contributed by atoms with Crippen molar-refractivity contribution in [3.05, 3.63) is 89.6 Å². The third-order valence-electron chi connectivity index (χ3n) is 4.86. The molecule has 0 unspecified atom stereocenters. The fourth-order valence-electron chi connectivity index (χ4n) is 3.26. The largest absolute Gasteiger partial charge is 0.493 e. The smallest absolute Gasteiger partial charge is 0.125 e. The molecule has 0 saturated carbocycles. The monoisotopic (exact) mass is 360 g/mol. The van der Waals surface area contributed by atoms with Gasteiger partial charge in [-0.2, -0.15) is 0 Å². The number of aromatic nitrogens is 1. The van der Waals surface area contributed by atoms with Crippen LogP contribution in [0.5, 0.6) is 5.75 Å². The molecule has 1 atom stereocenters. The number of benzene rings is 2. The number of nitrogens with one attached hydrogen (secondary N) is 1. The van der Waals surface area contributed by atoms with E-state index in [1.165, 1.54) is 11.1 Å². The van der Waals surface area contributed by atoms with E-state index in [2.05, 4.69) is 71.8 Å². The highest BCUT2D eigenvalue weighted by molar-refractivity contribution is 5.34. The van der Waals surface area contributed by atoms with Crippen LogP contribution in [0.3, 0.4) is 0 Å². The van der Waals surface area contributed by atoms with Crippen molar-refractivity contribution in [3.63, 3.8) is 0 Å². The Morgan fingerprint density at radius 1 is 0.926 bits per heavy atom. The number of pyridine rings is 1. The Balaban J connectivity index is 1.52.